The summed E-state index contributed by atoms with van der Waals surface area (Å²) < 4.78 is 52.5. The summed E-state index contributed by atoms with van der Waals surface area (Å²) in [6.07, 6.45) is -3.47. The van der Waals surface area contributed by atoms with E-state index in [0.29, 0.717) is 38.1 Å². The average Bonchev–Trinajstić information content (AvgIpc) is 3.07. The molecule has 0 aliphatic carbocycles. The lowest BCUT2D eigenvalue weighted by molar-refractivity contribution is -0.138. The third kappa shape index (κ3) is 6.78. The van der Waals surface area contributed by atoms with Gasteiger partial charge in [0.15, 0.2) is 5.96 Å². The highest BCUT2D eigenvalue weighted by Crippen LogP contribution is 2.32. The smallest absolute Gasteiger partial charge is 0.357 e. The van der Waals surface area contributed by atoms with Gasteiger partial charge in [-0.25, -0.2) is 9.38 Å². The first-order chi connectivity index (χ1) is 12.7. The van der Waals surface area contributed by atoms with Gasteiger partial charge in [0.2, 0.25) is 5.91 Å². The van der Waals surface area contributed by atoms with Gasteiger partial charge in [0.25, 0.3) is 0 Å². The number of hydrogen-bond donors (Lipinski definition) is 2. The minimum atomic E-state index is -4.65. The second-order valence-corrected chi connectivity index (χ2v) is 6.32. The van der Waals surface area contributed by atoms with Crippen LogP contribution in [-0.4, -0.2) is 42.4 Å². The maximum atomic E-state index is 13.2. The summed E-state index contributed by atoms with van der Waals surface area (Å²) in [6, 6.07) is 2.55. The van der Waals surface area contributed by atoms with Crippen molar-refractivity contribution in [2.24, 2.45) is 4.99 Å². The fourth-order valence-electron chi connectivity index (χ4n) is 2.96. The number of amides is 1. The molecule has 0 radical (unpaired) electrons. The van der Waals surface area contributed by atoms with Crippen molar-refractivity contribution in [1.82, 2.24) is 15.5 Å². The summed E-state index contributed by atoms with van der Waals surface area (Å²) in [7, 11) is 0. The monoisotopic (exact) mass is 516 g/mol. The number of halogens is 5. The van der Waals surface area contributed by atoms with E-state index < -0.39 is 17.6 Å². The molecular weight excluding hydrogens is 491 g/mol. The Morgan fingerprint density at radius 1 is 1.32 bits per heavy atom. The van der Waals surface area contributed by atoms with Crippen molar-refractivity contribution in [2.45, 2.75) is 45.5 Å². The van der Waals surface area contributed by atoms with Crippen molar-refractivity contribution in [1.29, 1.82) is 0 Å². The van der Waals surface area contributed by atoms with Gasteiger partial charge in [-0.2, -0.15) is 13.2 Å². The van der Waals surface area contributed by atoms with Gasteiger partial charge in [0, 0.05) is 32.1 Å². The molecule has 10 heteroatoms. The van der Waals surface area contributed by atoms with Crippen LogP contribution in [0.3, 0.4) is 0 Å². The van der Waals surface area contributed by atoms with Crippen LogP contribution in [0.15, 0.2) is 23.2 Å². The lowest BCUT2D eigenvalue weighted by Gasteiger charge is -2.19. The van der Waals surface area contributed by atoms with Crippen molar-refractivity contribution >= 4 is 35.8 Å². The molecule has 1 saturated heterocycles. The maximum absolute atomic E-state index is 13.2. The van der Waals surface area contributed by atoms with E-state index in [2.05, 4.69) is 15.6 Å². The lowest BCUT2D eigenvalue weighted by atomic mass is 10.1. The average molecular weight is 516 g/mol. The molecule has 1 unspecified atom stereocenters. The van der Waals surface area contributed by atoms with Gasteiger partial charge in [-0.3, -0.25) is 4.79 Å². The van der Waals surface area contributed by atoms with E-state index in [9.17, 15) is 22.4 Å². The normalized spacial score (nSPS) is 17.3. The number of guanidine groups is 1. The second kappa shape index (κ2) is 10.8. The molecule has 0 bridgehead atoms. The number of alkyl halides is 3. The number of hydrogen-bond acceptors (Lipinski definition) is 2. The van der Waals surface area contributed by atoms with Crippen molar-refractivity contribution in [2.75, 3.05) is 19.6 Å². The van der Waals surface area contributed by atoms with Crippen LogP contribution in [0.25, 0.3) is 0 Å². The van der Waals surface area contributed by atoms with Gasteiger partial charge in [-0.1, -0.05) is 13.0 Å². The van der Waals surface area contributed by atoms with E-state index in [-0.39, 0.29) is 48.0 Å². The summed E-state index contributed by atoms with van der Waals surface area (Å²) in [5, 5.41) is 6.14. The summed E-state index contributed by atoms with van der Waals surface area (Å²) >= 11 is 0. The summed E-state index contributed by atoms with van der Waals surface area (Å²) in [4.78, 5) is 17.7. The lowest BCUT2D eigenvalue weighted by Crippen LogP contribution is -2.45. The highest BCUT2D eigenvalue weighted by Gasteiger charge is 2.33. The highest BCUT2D eigenvalue weighted by atomic mass is 127. The fraction of sp³-hybridized carbons (Fsp3) is 0.556. The number of rotatable bonds is 5. The topological polar surface area (TPSA) is 56.7 Å². The Morgan fingerprint density at radius 3 is 2.64 bits per heavy atom. The van der Waals surface area contributed by atoms with Crippen molar-refractivity contribution in [3.63, 3.8) is 0 Å². The molecule has 1 heterocycles. The van der Waals surface area contributed by atoms with E-state index in [0.717, 1.165) is 18.6 Å². The molecule has 5 nitrogen and oxygen atoms in total. The van der Waals surface area contributed by atoms with Crippen LogP contribution in [0.1, 0.15) is 37.8 Å². The summed E-state index contributed by atoms with van der Waals surface area (Å²) in [5.74, 6) is -0.500. The molecule has 0 aromatic heterocycles. The number of carbonyl (C=O) groups excluding carboxylic acids is 1. The van der Waals surface area contributed by atoms with Crippen molar-refractivity contribution in [3.8, 4) is 0 Å². The van der Waals surface area contributed by atoms with Gasteiger partial charge in [-0.05, 0) is 31.0 Å². The van der Waals surface area contributed by atoms with Crippen LogP contribution in [0.5, 0.6) is 0 Å². The molecule has 1 fully saturated rings. The minimum Gasteiger partial charge on any atom is -0.357 e. The van der Waals surface area contributed by atoms with Crippen LogP contribution in [0.2, 0.25) is 0 Å². The number of likely N-dealkylation sites (tertiary alicyclic amines) is 1. The molecule has 0 saturated carbocycles. The van der Waals surface area contributed by atoms with Crippen LogP contribution in [0, 0.1) is 5.82 Å². The standard InChI is InChI=1S/C18H24F4N4O.HI/c1-3-16(27)26-8-7-14(11-26)25-17(23-4-2)24-10-12-5-6-13(19)9-15(12)18(20,21)22;/h5-6,9,14H,3-4,7-8,10-11H2,1-2H3,(H2,23,24,25);1H. The number of nitrogens with zero attached hydrogens (tertiary/aromatic N) is 2. The molecule has 0 spiro atoms. The fourth-order valence-corrected chi connectivity index (χ4v) is 2.96. The third-order valence-electron chi connectivity index (χ3n) is 4.31. The number of benzene rings is 1. The highest BCUT2D eigenvalue weighted by molar-refractivity contribution is 14.0. The van der Waals surface area contributed by atoms with E-state index in [1.807, 2.05) is 6.92 Å². The predicted octanol–water partition coefficient (Wildman–Crippen LogP) is 3.53. The largest absolute Gasteiger partial charge is 0.416 e. The molecule has 1 aliphatic heterocycles. The Balaban J connectivity index is 0.00000392. The molecule has 1 aromatic carbocycles. The first kappa shape index (κ1) is 24.4. The number of aliphatic imine (C=N–C) groups is 1. The Morgan fingerprint density at radius 2 is 2.04 bits per heavy atom. The van der Waals surface area contributed by atoms with Gasteiger partial charge >= 0.3 is 6.18 Å². The molecule has 28 heavy (non-hydrogen) atoms. The predicted molar refractivity (Wildman–Crippen MR) is 110 cm³/mol. The Bertz CT molecular complexity index is 697. The molecule has 2 rings (SSSR count). The molecule has 2 N–H and O–H groups in total. The van der Waals surface area contributed by atoms with Crippen LogP contribution < -0.4 is 10.6 Å². The summed E-state index contributed by atoms with van der Waals surface area (Å²) in [5.41, 5.74) is -1.13. The van der Waals surface area contributed by atoms with Gasteiger partial charge in [-0.15, -0.1) is 24.0 Å². The van der Waals surface area contributed by atoms with Crippen LogP contribution in [0.4, 0.5) is 17.6 Å². The zero-order valence-corrected chi connectivity index (χ0v) is 18.1. The Kier molecular flexibility index (Phi) is 9.45. The van der Waals surface area contributed by atoms with Gasteiger partial charge in [0.05, 0.1) is 12.1 Å². The van der Waals surface area contributed by atoms with Crippen molar-refractivity contribution < 1.29 is 22.4 Å². The molecule has 1 atom stereocenters. The number of nitrogens with one attached hydrogen (secondary N) is 2. The molecule has 158 valence electrons. The first-order valence-electron chi connectivity index (χ1n) is 8.92. The SMILES string of the molecule is CCNC(=NCc1ccc(F)cc1C(F)(F)F)NC1CCN(C(=O)CC)C1.I. The molecular formula is C18H25F4IN4O. The molecule has 1 aliphatic rings. The Hall–Kier alpha value is -1.59. The Labute approximate surface area is 179 Å². The van der Waals surface area contributed by atoms with Gasteiger partial charge in [0.1, 0.15) is 5.82 Å². The van der Waals surface area contributed by atoms with Gasteiger partial charge < -0.3 is 15.5 Å². The maximum Gasteiger partial charge on any atom is 0.416 e. The van der Waals surface area contributed by atoms with Crippen molar-refractivity contribution in [3.05, 3.63) is 35.1 Å². The number of carbonyl (C=O) groups is 1. The zero-order valence-electron chi connectivity index (χ0n) is 15.8. The molecule has 1 aromatic rings. The van der Waals surface area contributed by atoms with E-state index in [4.69, 9.17) is 0 Å². The molecule has 1 amide bonds. The van der Waals surface area contributed by atoms with Crippen LogP contribution in [-0.2, 0) is 17.5 Å². The second-order valence-electron chi connectivity index (χ2n) is 6.32. The van der Waals surface area contributed by atoms with E-state index in [1.54, 1.807) is 11.8 Å². The minimum absolute atomic E-state index is 0. The van der Waals surface area contributed by atoms with E-state index >= 15 is 0 Å². The first-order valence-corrected chi connectivity index (χ1v) is 8.92. The zero-order chi connectivity index (χ0) is 20.0. The quantitative estimate of drug-likeness (QED) is 0.273. The third-order valence-corrected chi connectivity index (χ3v) is 4.31. The summed E-state index contributed by atoms with van der Waals surface area (Å²) in [6.45, 7) is 5.11. The van der Waals surface area contributed by atoms with E-state index in [1.165, 1.54) is 0 Å². The van der Waals surface area contributed by atoms with Crippen LogP contribution >= 0.6 is 24.0 Å².